The lowest BCUT2D eigenvalue weighted by atomic mass is 9.98. The van der Waals surface area contributed by atoms with Crippen LogP contribution in [0.2, 0.25) is 19.6 Å². The molecule has 0 aliphatic carbocycles. The molecule has 0 amide bonds. The van der Waals surface area contributed by atoms with E-state index in [1.807, 2.05) is 30.3 Å². The van der Waals surface area contributed by atoms with Gasteiger partial charge in [-0.1, -0.05) is 48.0 Å². The van der Waals surface area contributed by atoms with Gasteiger partial charge < -0.3 is 4.43 Å². The standard InChI is InChI=1S/C19H23NOSSi/c1-16-10-12-18(13-11-16)22-15-19(14-20,21-23(2,3)4)17-8-6-5-7-9-17/h5-13H,15H2,1-4H3. The van der Waals surface area contributed by atoms with Crippen LogP contribution >= 0.6 is 11.8 Å². The predicted molar refractivity (Wildman–Crippen MR) is 100 cm³/mol. The van der Waals surface area contributed by atoms with E-state index in [-0.39, 0.29) is 0 Å². The van der Waals surface area contributed by atoms with Gasteiger partial charge in [-0.25, -0.2) is 0 Å². The maximum atomic E-state index is 9.95. The van der Waals surface area contributed by atoms with Gasteiger partial charge in [0.05, 0.1) is 0 Å². The molecular formula is C19H23NOSSi. The molecule has 0 fully saturated rings. The fraction of sp³-hybridized carbons (Fsp3) is 0.316. The Hall–Kier alpha value is -1.54. The molecule has 0 aromatic heterocycles. The second-order valence-electron chi connectivity index (χ2n) is 6.62. The number of nitrogens with zero attached hydrogens (tertiary/aromatic N) is 1. The van der Waals surface area contributed by atoms with Gasteiger partial charge in [-0.2, -0.15) is 5.26 Å². The SMILES string of the molecule is Cc1ccc(SCC(C#N)(O[Si](C)(C)C)c2ccccc2)cc1. The lowest BCUT2D eigenvalue weighted by molar-refractivity contribution is 0.146. The highest BCUT2D eigenvalue weighted by Crippen LogP contribution is 2.35. The van der Waals surface area contributed by atoms with Gasteiger partial charge in [0.25, 0.3) is 0 Å². The molecule has 1 atom stereocenters. The lowest BCUT2D eigenvalue weighted by Crippen LogP contribution is -2.41. The molecule has 0 aliphatic rings. The van der Waals surface area contributed by atoms with E-state index in [1.165, 1.54) is 5.56 Å². The summed E-state index contributed by atoms with van der Waals surface area (Å²) in [6.45, 7) is 8.45. The van der Waals surface area contributed by atoms with Crippen molar-refractivity contribution in [2.24, 2.45) is 0 Å². The quantitative estimate of drug-likeness (QED) is 0.524. The fourth-order valence-electron chi connectivity index (χ4n) is 2.34. The van der Waals surface area contributed by atoms with Gasteiger partial charge in [0.1, 0.15) is 6.07 Å². The third-order valence-electron chi connectivity index (χ3n) is 3.36. The van der Waals surface area contributed by atoms with Crippen molar-refractivity contribution in [2.75, 3.05) is 5.75 Å². The van der Waals surface area contributed by atoms with E-state index in [4.69, 9.17) is 4.43 Å². The Bertz CT molecular complexity index is 673. The van der Waals surface area contributed by atoms with E-state index in [9.17, 15) is 5.26 Å². The van der Waals surface area contributed by atoms with Crippen LogP contribution in [0, 0.1) is 18.3 Å². The van der Waals surface area contributed by atoms with Gasteiger partial charge in [0.15, 0.2) is 13.9 Å². The first-order chi connectivity index (χ1) is 10.8. The summed E-state index contributed by atoms with van der Waals surface area (Å²) in [5, 5.41) is 9.95. The molecule has 23 heavy (non-hydrogen) atoms. The Morgan fingerprint density at radius 1 is 1.04 bits per heavy atom. The van der Waals surface area contributed by atoms with Gasteiger partial charge in [0.2, 0.25) is 0 Å². The molecule has 0 saturated heterocycles. The van der Waals surface area contributed by atoms with E-state index in [0.717, 1.165) is 10.5 Å². The summed E-state index contributed by atoms with van der Waals surface area (Å²) < 4.78 is 6.36. The zero-order valence-corrected chi connectivity index (χ0v) is 16.0. The Labute approximate surface area is 144 Å². The van der Waals surface area contributed by atoms with E-state index in [2.05, 4.69) is 56.9 Å². The third-order valence-corrected chi connectivity index (χ3v) is 5.48. The molecule has 0 bridgehead atoms. The highest BCUT2D eigenvalue weighted by atomic mass is 32.2. The van der Waals surface area contributed by atoms with Gasteiger partial charge in [-0.3, -0.25) is 0 Å². The van der Waals surface area contributed by atoms with Gasteiger partial charge in [0, 0.05) is 10.6 Å². The first-order valence-corrected chi connectivity index (χ1v) is 12.1. The number of hydrogen-bond donors (Lipinski definition) is 0. The van der Waals surface area contributed by atoms with Crippen molar-refractivity contribution in [1.29, 1.82) is 5.26 Å². The summed E-state index contributed by atoms with van der Waals surface area (Å²) in [4.78, 5) is 1.16. The third kappa shape index (κ3) is 4.97. The van der Waals surface area contributed by atoms with Crippen LogP contribution in [0.1, 0.15) is 11.1 Å². The van der Waals surface area contributed by atoms with Gasteiger partial charge in [-0.05, 0) is 44.3 Å². The van der Waals surface area contributed by atoms with E-state index in [1.54, 1.807) is 11.8 Å². The normalized spacial score (nSPS) is 14.0. The summed E-state index contributed by atoms with van der Waals surface area (Å²) in [5.74, 6) is 0.584. The number of aryl methyl sites for hydroxylation is 1. The maximum Gasteiger partial charge on any atom is 0.186 e. The molecular weight excluding hydrogens is 318 g/mol. The van der Waals surface area contributed by atoms with Crippen molar-refractivity contribution in [3.8, 4) is 6.07 Å². The summed E-state index contributed by atoms with van der Waals surface area (Å²) in [6, 6.07) is 20.7. The largest absolute Gasteiger partial charge is 0.396 e. The van der Waals surface area contributed by atoms with Crippen molar-refractivity contribution in [2.45, 2.75) is 37.1 Å². The molecule has 2 aromatic carbocycles. The molecule has 0 saturated carbocycles. The lowest BCUT2D eigenvalue weighted by Gasteiger charge is -2.34. The van der Waals surface area contributed by atoms with Crippen LogP contribution < -0.4 is 0 Å². The predicted octanol–water partition coefficient (Wildman–Crippen LogP) is 5.36. The minimum Gasteiger partial charge on any atom is -0.396 e. The average molecular weight is 342 g/mol. The Kier molecular flexibility index (Phi) is 5.69. The van der Waals surface area contributed by atoms with Crippen molar-refractivity contribution >= 4 is 20.1 Å². The first-order valence-electron chi connectivity index (χ1n) is 7.71. The molecule has 2 aromatic rings. The van der Waals surface area contributed by atoms with Crippen molar-refractivity contribution in [3.63, 3.8) is 0 Å². The van der Waals surface area contributed by atoms with Crippen molar-refractivity contribution < 1.29 is 4.43 Å². The minimum absolute atomic E-state index is 0.584. The van der Waals surface area contributed by atoms with E-state index >= 15 is 0 Å². The molecule has 0 spiro atoms. The average Bonchev–Trinajstić information content (AvgIpc) is 2.53. The second-order valence-corrected chi connectivity index (χ2v) is 12.1. The molecule has 4 heteroatoms. The molecule has 2 rings (SSSR count). The van der Waals surface area contributed by atoms with Crippen molar-refractivity contribution in [1.82, 2.24) is 0 Å². The van der Waals surface area contributed by atoms with Crippen LogP contribution in [0.3, 0.4) is 0 Å². The zero-order chi connectivity index (χ0) is 16.9. The monoisotopic (exact) mass is 341 g/mol. The van der Waals surface area contributed by atoms with E-state index < -0.39 is 13.9 Å². The number of hydrogen-bond acceptors (Lipinski definition) is 3. The Balaban J connectivity index is 2.29. The van der Waals surface area contributed by atoms with Crippen molar-refractivity contribution in [3.05, 3.63) is 65.7 Å². The highest BCUT2D eigenvalue weighted by Gasteiger charge is 2.38. The maximum absolute atomic E-state index is 9.95. The molecule has 0 aliphatic heterocycles. The molecule has 0 radical (unpaired) electrons. The number of nitriles is 1. The Morgan fingerprint density at radius 3 is 2.17 bits per heavy atom. The first kappa shape index (κ1) is 17.8. The number of thioether (sulfide) groups is 1. The molecule has 120 valence electrons. The highest BCUT2D eigenvalue weighted by molar-refractivity contribution is 7.99. The fourth-order valence-corrected chi connectivity index (χ4v) is 4.72. The summed E-state index contributed by atoms with van der Waals surface area (Å²) in [7, 11) is -1.88. The van der Waals surface area contributed by atoms with Crippen LogP contribution in [-0.2, 0) is 10.0 Å². The smallest absolute Gasteiger partial charge is 0.186 e. The van der Waals surface area contributed by atoms with Crippen LogP contribution in [-0.4, -0.2) is 14.1 Å². The summed E-state index contributed by atoms with van der Waals surface area (Å²) in [5.41, 5.74) is 1.27. The molecule has 2 nitrogen and oxygen atoms in total. The molecule has 0 heterocycles. The number of rotatable bonds is 6. The second kappa shape index (κ2) is 7.35. The zero-order valence-electron chi connectivity index (χ0n) is 14.2. The summed E-state index contributed by atoms with van der Waals surface area (Å²) in [6.07, 6.45) is 0. The molecule has 1 unspecified atom stereocenters. The van der Waals surface area contributed by atoms with Crippen LogP contribution in [0.5, 0.6) is 0 Å². The van der Waals surface area contributed by atoms with Crippen LogP contribution in [0.4, 0.5) is 0 Å². The van der Waals surface area contributed by atoms with E-state index in [0.29, 0.717) is 5.75 Å². The number of benzene rings is 2. The topological polar surface area (TPSA) is 33.0 Å². The minimum atomic E-state index is -1.88. The molecule has 0 N–H and O–H groups in total. The van der Waals surface area contributed by atoms with Crippen LogP contribution in [0.25, 0.3) is 0 Å². The van der Waals surface area contributed by atoms with Crippen LogP contribution in [0.15, 0.2) is 59.5 Å². The van der Waals surface area contributed by atoms with Gasteiger partial charge >= 0.3 is 0 Å². The van der Waals surface area contributed by atoms with Gasteiger partial charge in [-0.15, -0.1) is 11.8 Å². The Morgan fingerprint density at radius 2 is 1.65 bits per heavy atom. The summed E-state index contributed by atoms with van der Waals surface area (Å²) >= 11 is 1.67.